The number of ether oxygens (including phenoxy) is 1. The van der Waals surface area contributed by atoms with Crippen molar-refractivity contribution >= 4 is 6.09 Å². The maximum atomic E-state index is 11.6. The Morgan fingerprint density at radius 2 is 1.76 bits per heavy atom. The molecule has 102 valence electrons. The van der Waals surface area contributed by atoms with Gasteiger partial charge in [-0.3, -0.25) is 0 Å². The van der Waals surface area contributed by atoms with E-state index in [1.165, 1.54) is 0 Å². The van der Waals surface area contributed by atoms with Gasteiger partial charge in [0.25, 0.3) is 0 Å². The molecule has 17 heavy (non-hydrogen) atoms. The molecule has 1 aliphatic rings. The largest absolute Gasteiger partial charge is 0.444 e. The zero-order valence-corrected chi connectivity index (χ0v) is 11.5. The number of hydrogen-bond acceptors (Lipinski definition) is 4. The van der Waals surface area contributed by atoms with Crippen LogP contribution in [0.1, 0.15) is 40.5 Å². The van der Waals surface area contributed by atoms with Crippen molar-refractivity contribution in [2.24, 2.45) is 11.5 Å². The molecule has 1 aliphatic heterocycles. The molecule has 1 fully saturated rings. The summed E-state index contributed by atoms with van der Waals surface area (Å²) >= 11 is 0. The van der Waals surface area contributed by atoms with Gasteiger partial charge in [-0.2, -0.15) is 0 Å². The second-order valence-corrected chi connectivity index (χ2v) is 5.21. The molecule has 0 radical (unpaired) electrons. The highest BCUT2D eigenvalue weighted by atomic mass is 16.6. The topological polar surface area (TPSA) is 81.6 Å². The lowest BCUT2D eigenvalue weighted by atomic mass is 10.1. The smallest absolute Gasteiger partial charge is 0.410 e. The van der Waals surface area contributed by atoms with Crippen LogP contribution in [0, 0.1) is 0 Å². The average Bonchev–Trinajstić information content (AvgIpc) is 2.17. The van der Waals surface area contributed by atoms with Crippen molar-refractivity contribution in [1.29, 1.82) is 0 Å². The molecule has 0 unspecified atom stereocenters. The monoisotopic (exact) mass is 245 g/mol. The maximum absolute atomic E-state index is 11.6. The number of nitrogens with two attached hydrogens (primary N) is 2. The van der Waals surface area contributed by atoms with Crippen molar-refractivity contribution in [1.82, 2.24) is 4.90 Å². The van der Waals surface area contributed by atoms with E-state index in [9.17, 15) is 4.79 Å². The van der Waals surface area contributed by atoms with Crippen LogP contribution in [0.2, 0.25) is 0 Å². The Balaban J connectivity index is 0.000000770. The molecule has 0 atom stereocenters. The number of piperidine rings is 1. The van der Waals surface area contributed by atoms with Crippen LogP contribution in [0.25, 0.3) is 0 Å². The fourth-order valence-electron chi connectivity index (χ4n) is 1.41. The van der Waals surface area contributed by atoms with E-state index in [1.54, 1.807) is 4.90 Å². The van der Waals surface area contributed by atoms with Gasteiger partial charge in [0.1, 0.15) is 5.60 Å². The van der Waals surface area contributed by atoms with E-state index in [0.29, 0.717) is 0 Å². The summed E-state index contributed by atoms with van der Waals surface area (Å²) in [6.45, 7) is 9.72. The number of carbonyl (C=O) groups excluding carboxylic acids is 1. The highest BCUT2D eigenvalue weighted by Crippen LogP contribution is 2.14. The second kappa shape index (κ2) is 7.50. The first kappa shape index (κ1) is 16.2. The Hall–Kier alpha value is -0.810. The van der Waals surface area contributed by atoms with E-state index in [1.807, 2.05) is 27.7 Å². The molecule has 0 aromatic heterocycles. The fraction of sp³-hybridized carbons (Fsp3) is 0.917. The first-order valence-corrected chi connectivity index (χ1v) is 6.23. The molecule has 1 saturated heterocycles. The molecule has 1 rings (SSSR count). The minimum atomic E-state index is -0.406. The molecule has 5 heteroatoms. The fourth-order valence-corrected chi connectivity index (χ4v) is 1.41. The van der Waals surface area contributed by atoms with Crippen molar-refractivity contribution in [2.75, 3.05) is 19.6 Å². The summed E-state index contributed by atoms with van der Waals surface area (Å²) in [5, 5.41) is 0. The number of carbonyl (C=O) groups is 1. The van der Waals surface area contributed by atoms with Gasteiger partial charge >= 0.3 is 6.09 Å². The molecule has 1 heterocycles. The molecule has 0 spiro atoms. The number of likely N-dealkylation sites (tertiary alicyclic amines) is 1. The van der Waals surface area contributed by atoms with Crippen molar-refractivity contribution in [3.8, 4) is 0 Å². The second-order valence-electron chi connectivity index (χ2n) is 5.21. The molecular formula is C12H27N3O2. The first-order valence-electron chi connectivity index (χ1n) is 6.23. The van der Waals surface area contributed by atoms with Crippen LogP contribution in [-0.2, 0) is 4.74 Å². The quantitative estimate of drug-likeness (QED) is 0.674. The van der Waals surface area contributed by atoms with Crippen molar-refractivity contribution in [2.45, 2.75) is 52.2 Å². The lowest BCUT2D eigenvalue weighted by Gasteiger charge is -2.32. The zero-order valence-electron chi connectivity index (χ0n) is 11.5. The highest BCUT2D eigenvalue weighted by molar-refractivity contribution is 5.68. The van der Waals surface area contributed by atoms with Crippen LogP contribution < -0.4 is 11.5 Å². The normalized spacial score (nSPS) is 17.2. The number of amides is 1. The Kier molecular flexibility index (Phi) is 7.15. The van der Waals surface area contributed by atoms with Gasteiger partial charge in [-0.05, 0) is 40.2 Å². The summed E-state index contributed by atoms with van der Waals surface area (Å²) in [4.78, 5) is 13.3. The zero-order chi connectivity index (χ0) is 13.5. The van der Waals surface area contributed by atoms with Crippen molar-refractivity contribution in [3.63, 3.8) is 0 Å². The SMILES string of the molecule is CC(C)(C)OC(=O)N1CCC(N)CC1.CCN. The predicted octanol–water partition coefficient (Wildman–Crippen LogP) is 1.31. The minimum Gasteiger partial charge on any atom is -0.444 e. The third kappa shape index (κ3) is 7.99. The average molecular weight is 245 g/mol. The molecule has 0 aliphatic carbocycles. The van der Waals surface area contributed by atoms with Crippen LogP contribution in [0.4, 0.5) is 4.79 Å². The van der Waals surface area contributed by atoms with Crippen LogP contribution in [-0.4, -0.2) is 42.3 Å². The summed E-state index contributed by atoms with van der Waals surface area (Å²) in [5.41, 5.74) is 10.2. The Morgan fingerprint density at radius 3 is 2.12 bits per heavy atom. The Bertz CT molecular complexity index is 218. The van der Waals surface area contributed by atoms with Crippen LogP contribution in [0.15, 0.2) is 0 Å². The summed E-state index contributed by atoms with van der Waals surface area (Å²) in [5.74, 6) is 0. The van der Waals surface area contributed by atoms with E-state index in [-0.39, 0.29) is 12.1 Å². The number of hydrogen-bond donors (Lipinski definition) is 2. The molecular weight excluding hydrogens is 218 g/mol. The van der Waals surface area contributed by atoms with E-state index in [2.05, 4.69) is 0 Å². The van der Waals surface area contributed by atoms with Crippen molar-refractivity contribution in [3.05, 3.63) is 0 Å². The van der Waals surface area contributed by atoms with Crippen LogP contribution >= 0.6 is 0 Å². The van der Waals surface area contributed by atoms with E-state index < -0.39 is 5.60 Å². The highest BCUT2D eigenvalue weighted by Gasteiger charge is 2.25. The molecule has 5 nitrogen and oxygen atoms in total. The van der Waals surface area contributed by atoms with Crippen LogP contribution in [0.5, 0.6) is 0 Å². The van der Waals surface area contributed by atoms with Gasteiger partial charge in [-0.15, -0.1) is 0 Å². The summed E-state index contributed by atoms with van der Waals surface area (Å²) in [6.07, 6.45) is 1.53. The van der Waals surface area contributed by atoms with Gasteiger partial charge in [-0.1, -0.05) is 6.92 Å². The molecule has 0 aromatic carbocycles. The molecule has 4 N–H and O–H groups in total. The molecule has 1 amide bonds. The lowest BCUT2D eigenvalue weighted by molar-refractivity contribution is 0.0207. The van der Waals surface area contributed by atoms with Gasteiger partial charge in [0.15, 0.2) is 0 Å². The van der Waals surface area contributed by atoms with Crippen molar-refractivity contribution < 1.29 is 9.53 Å². The molecule has 0 saturated carbocycles. The summed E-state index contributed by atoms with van der Waals surface area (Å²) in [7, 11) is 0. The molecule has 0 bridgehead atoms. The number of nitrogens with zero attached hydrogens (tertiary/aromatic N) is 1. The van der Waals surface area contributed by atoms with Gasteiger partial charge in [-0.25, -0.2) is 4.79 Å². The van der Waals surface area contributed by atoms with Gasteiger partial charge in [0.05, 0.1) is 0 Å². The van der Waals surface area contributed by atoms with Gasteiger partial charge in [0, 0.05) is 19.1 Å². The Labute approximate surface area is 104 Å². The maximum Gasteiger partial charge on any atom is 0.410 e. The van der Waals surface area contributed by atoms with E-state index in [0.717, 1.165) is 32.5 Å². The standard InChI is InChI=1S/C10H20N2O2.C2H7N/c1-10(2,3)14-9(13)12-6-4-8(11)5-7-12;1-2-3/h8H,4-7,11H2,1-3H3;2-3H2,1H3. The van der Waals surface area contributed by atoms with Gasteiger partial charge < -0.3 is 21.1 Å². The van der Waals surface area contributed by atoms with Crippen LogP contribution in [0.3, 0.4) is 0 Å². The Morgan fingerprint density at radius 1 is 1.35 bits per heavy atom. The number of rotatable bonds is 0. The molecule has 0 aromatic rings. The minimum absolute atomic E-state index is 0.218. The van der Waals surface area contributed by atoms with Gasteiger partial charge in [0.2, 0.25) is 0 Å². The van der Waals surface area contributed by atoms with E-state index in [4.69, 9.17) is 16.2 Å². The predicted molar refractivity (Wildman–Crippen MR) is 69.7 cm³/mol. The third-order valence-electron chi connectivity index (χ3n) is 2.19. The summed E-state index contributed by atoms with van der Waals surface area (Å²) in [6, 6.07) is 0.244. The van der Waals surface area contributed by atoms with E-state index >= 15 is 0 Å². The summed E-state index contributed by atoms with van der Waals surface area (Å²) < 4.78 is 5.26. The third-order valence-corrected chi connectivity index (χ3v) is 2.19. The lowest BCUT2D eigenvalue weighted by Crippen LogP contribution is -2.44. The first-order chi connectivity index (χ1) is 7.80.